The minimum Gasteiger partial charge on any atom is -0.392 e. The summed E-state index contributed by atoms with van der Waals surface area (Å²) in [7, 11) is 3.92. The molecule has 26 heavy (non-hydrogen) atoms. The third-order valence-electron chi connectivity index (χ3n) is 4.88. The second-order valence-corrected chi connectivity index (χ2v) is 6.46. The van der Waals surface area contributed by atoms with Gasteiger partial charge >= 0.3 is 0 Å². The third kappa shape index (κ3) is 5.44. The van der Waals surface area contributed by atoms with E-state index in [1.54, 1.807) is 6.21 Å². The van der Waals surface area contributed by atoms with E-state index in [-0.39, 0.29) is 0 Å². The van der Waals surface area contributed by atoms with E-state index in [2.05, 4.69) is 28.8 Å². The number of hydrogen-bond acceptors (Lipinski definition) is 6. The molecular weight excluding hydrogens is 324 g/mol. The Kier molecular flexibility index (Phi) is 9.10. The van der Waals surface area contributed by atoms with Gasteiger partial charge in [0.2, 0.25) is 5.95 Å². The van der Waals surface area contributed by atoms with Gasteiger partial charge in [0.25, 0.3) is 0 Å². The zero-order chi connectivity index (χ0) is 19.7. The van der Waals surface area contributed by atoms with Gasteiger partial charge in [0.05, 0.1) is 5.69 Å². The predicted octanol–water partition coefficient (Wildman–Crippen LogP) is 3.96. The molecule has 0 spiro atoms. The van der Waals surface area contributed by atoms with Crippen LogP contribution in [0.3, 0.4) is 0 Å². The van der Waals surface area contributed by atoms with E-state index in [0.29, 0.717) is 23.6 Å². The van der Waals surface area contributed by atoms with Crippen LogP contribution in [0.15, 0.2) is 17.3 Å². The van der Waals surface area contributed by atoms with Crippen LogP contribution in [0, 0.1) is 11.8 Å². The molecule has 1 heterocycles. The summed E-state index contributed by atoms with van der Waals surface area (Å²) in [6, 6.07) is 0. The van der Waals surface area contributed by atoms with Crippen LogP contribution in [0.4, 0.5) is 17.5 Å². The minimum atomic E-state index is 0.461. The van der Waals surface area contributed by atoms with Gasteiger partial charge in [0.15, 0.2) is 5.82 Å². The third-order valence-corrected chi connectivity index (χ3v) is 4.88. The Morgan fingerprint density at radius 1 is 1.38 bits per heavy atom. The highest BCUT2D eigenvalue weighted by Gasteiger charge is 2.28. The maximum atomic E-state index is 6.16. The quantitative estimate of drug-likeness (QED) is 0.720. The largest absolute Gasteiger partial charge is 0.392 e. The van der Waals surface area contributed by atoms with E-state index in [9.17, 15) is 0 Å². The first-order valence-corrected chi connectivity index (χ1v) is 9.72. The summed E-state index contributed by atoms with van der Waals surface area (Å²) in [5.41, 5.74) is 8.97. The van der Waals surface area contributed by atoms with E-state index in [4.69, 9.17) is 10.7 Å². The summed E-state index contributed by atoms with van der Waals surface area (Å²) < 4.78 is 0. The fraction of sp³-hybridized carbons (Fsp3) is 0.650. The highest BCUT2D eigenvalue weighted by Crippen LogP contribution is 2.38. The van der Waals surface area contributed by atoms with Crippen LogP contribution in [-0.4, -0.2) is 36.8 Å². The SMILES string of the molecule is C=C(NC)C1CC[C@H](Cc2nc(N(C)CC)nc(N)c2N=CC)C1.CC. The molecule has 3 N–H and O–H groups in total. The topological polar surface area (TPSA) is 79.4 Å². The molecule has 0 aliphatic heterocycles. The van der Waals surface area contributed by atoms with E-state index in [1.165, 1.54) is 12.8 Å². The summed E-state index contributed by atoms with van der Waals surface area (Å²) >= 11 is 0. The average Bonchev–Trinajstić information content (AvgIpc) is 3.13. The Hall–Kier alpha value is -2.11. The molecule has 2 atom stereocenters. The first-order valence-electron chi connectivity index (χ1n) is 9.72. The zero-order valence-electron chi connectivity index (χ0n) is 17.3. The van der Waals surface area contributed by atoms with Crippen LogP contribution >= 0.6 is 0 Å². The number of nitrogens with two attached hydrogens (primary N) is 1. The van der Waals surface area contributed by atoms with Gasteiger partial charge in [-0.25, -0.2) is 4.98 Å². The Morgan fingerprint density at radius 2 is 2.08 bits per heavy atom. The summed E-state index contributed by atoms with van der Waals surface area (Å²) in [4.78, 5) is 15.6. The number of hydrogen-bond donors (Lipinski definition) is 2. The number of aliphatic imine (C=N–C) groups is 1. The molecule has 0 amide bonds. The number of rotatable bonds is 7. The van der Waals surface area contributed by atoms with Gasteiger partial charge in [-0.1, -0.05) is 20.4 Å². The minimum absolute atomic E-state index is 0.461. The van der Waals surface area contributed by atoms with Gasteiger partial charge in [0, 0.05) is 32.6 Å². The van der Waals surface area contributed by atoms with Crippen LogP contribution in [0.25, 0.3) is 0 Å². The van der Waals surface area contributed by atoms with Crippen LogP contribution in [0.5, 0.6) is 0 Å². The van der Waals surface area contributed by atoms with Crippen molar-refractivity contribution in [2.24, 2.45) is 16.8 Å². The molecule has 0 aromatic carbocycles. The average molecular weight is 361 g/mol. The molecule has 6 nitrogen and oxygen atoms in total. The molecule has 1 fully saturated rings. The van der Waals surface area contributed by atoms with Crippen molar-refractivity contribution in [2.75, 3.05) is 31.3 Å². The van der Waals surface area contributed by atoms with Gasteiger partial charge in [-0.05, 0) is 51.4 Å². The van der Waals surface area contributed by atoms with E-state index >= 15 is 0 Å². The van der Waals surface area contributed by atoms with Crippen LogP contribution < -0.4 is 16.0 Å². The highest BCUT2D eigenvalue weighted by molar-refractivity contribution is 5.70. The normalized spacial score (nSPS) is 19.2. The van der Waals surface area contributed by atoms with Gasteiger partial charge in [-0.3, -0.25) is 4.99 Å². The first-order chi connectivity index (χ1) is 12.5. The second kappa shape index (κ2) is 10.8. The lowest BCUT2D eigenvalue weighted by Gasteiger charge is -2.19. The van der Waals surface area contributed by atoms with Crippen LogP contribution in [0.1, 0.15) is 52.7 Å². The maximum Gasteiger partial charge on any atom is 0.227 e. The molecule has 1 aliphatic carbocycles. The molecule has 1 aliphatic rings. The standard InChI is InChI=1S/C18H30N6.C2H6/c1-6-21-16-15(22-18(23-17(16)19)24(5)7-2)11-13-8-9-14(10-13)12(3)20-4;1-2/h6,13-14,20H,3,7-11H2,1-2,4-5H3,(H2,19,22,23);1-2H3/t13-,14?;/m0./s1. The molecule has 0 radical (unpaired) electrons. The Bertz CT molecular complexity index is 611. The lowest BCUT2D eigenvalue weighted by atomic mass is 9.97. The van der Waals surface area contributed by atoms with E-state index in [0.717, 1.165) is 36.5 Å². The van der Waals surface area contributed by atoms with Crippen LogP contribution in [-0.2, 0) is 6.42 Å². The van der Waals surface area contributed by atoms with Crippen molar-refractivity contribution in [3.8, 4) is 0 Å². The summed E-state index contributed by atoms with van der Waals surface area (Å²) in [6.07, 6.45) is 6.14. The molecule has 1 aromatic heterocycles. The Balaban J connectivity index is 0.00000163. The molecule has 146 valence electrons. The number of nitrogens with one attached hydrogen (secondary N) is 1. The van der Waals surface area contributed by atoms with Gasteiger partial charge in [-0.15, -0.1) is 0 Å². The number of anilines is 2. The molecule has 0 saturated heterocycles. The fourth-order valence-electron chi connectivity index (χ4n) is 3.29. The van der Waals surface area contributed by atoms with Crippen molar-refractivity contribution in [1.29, 1.82) is 0 Å². The van der Waals surface area contributed by atoms with Gasteiger partial charge in [-0.2, -0.15) is 4.98 Å². The summed E-state index contributed by atoms with van der Waals surface area (Å²) in [5.74, 6) is 2.27. The van der Waals surface area contributed by atoms with Crippen molar-refractivity contribution >= 4 is 23.7 Å². The van der Waals surface area contributed by atoms with Crippen molar-refractivity contribution < 1.29 is 0 Å². The van der Waals surface area contributed by atoms with Crippen molar-refractivity contribution in [1.82, 2.24) is 15.3 Å². The van der Waals surface area contributed by atoms with Crippen molar-refractivity contribution in [3.63, 3.8) is 0 Å². The van der Waals surface area contributed by atoms with Gasteiger partial charge < -0.3 is 16.0 Å². The monoisotopic (exact) mass is 360 g/mol. The molecule has 2 rings (SSSR count). The van der Waals surface area contributed by atoms with Crippen LogP contribution in [0.2, 0.25) is 0 Å². The van der Waals surface area contributed by atoms with Crippen molar-refractivity contribution in [2.45, 2.75) is 53.4 Å². The smallest absolute Gasteiger partial charge is 0.227 e. The number of nitrogen functional groups attached to an aromatic ring is 1. The Labute approximate surface area is 159 Å². The van der Waals surface area contributed by atoms with Gasteiger partial charge in [0.1, 0.15) is 5.69 Å². The molecule has 0 bridgehead atoms. The lowest BCUT2D eigenvalue weighted by molar-refractivity contribution is 0.509. The maximum absolute atomic E-state index is 6.16. The molecule has 1 saturated carbocycles. The Morgan fingerprint density at radius 3 is 2.65 bits per heavy atom. The summed E-state index contributed by atoms with van der Waals surface area (Å²) in [5, 5.41) is 3.19. The number of nitrogens with zero attached hydrogens (tertiary/aromatic N) is 4. The number of allylic oxidation sites excluding steroid dienone is 1. The first kappa shape index (κ1) is 21.9. The zero-order valence-corrected chi connectivity index (χ0v) is 17.3. The molecule has 6 heteroatoms. The van der Waals surface area contributed by atoms with Crippen molar-refractivity contribution in [3.05, 3.63) is 18.0 Å². The lowest BCUT2D eigenvalue weighted by Crippen LogP contribution is -2.20. The number of aromatic nitrogens is 2. The molecule has 1 aromatic rings. The molecule has 1 unspecified atom stereocenters. The predicted molar refractivity (Wildman–Crippen MR) is 113 cm³/mol. The summed E-state index contributed by atoms with van der Waals surface area (Å²) in [6.45, 7) is 12.9. The second-order valence-electron chi connectivity index (χ2n) is 6.46. The van der Waals surface area contributed by atoms with E-state index in [1.807, 2.05) is 39.8 Å². The van der Waals surface area contributed by atoms with E-state index < -0.39 is 0 Å². The fourth-order valence-corrected chi connectivity index (χ4v) is 3.29. The molecular formula is C20H36N6. The highest BCUT2D eigenvalue weighted by atomic mass is 15.2.